The summed E-state index contributed by atoms with van der Waals surface area (Å²) in [6, 6.07) is 6.32. The van der Waals surface area contributed by atoms with Crippen LogP contribution in [0, 0.1) is 11.7 Å². The zero-order valence-electron chi connectivity index (χ0n) is 17.6. The van der Waals surface area contributed by atoms with E-state index in [9.17, 15) is 9.18 Å². The molecule has 0 aliphatic carbocycles. The van der Waals surface area contributed by atoms with Crippen LogP contribution in [0.2, 0.25) is 0 Å². The number of aromatic nitrogens is 3. The van der Waals surface area contributed by atoms with Crippen molar-refractivity contribution in [2.75, 3.05) is 10.6 Å². The Hall–Kier alpha value is -3.20. The number of hydrogen-bond donors (Lipinski definition) is 4. The summed E-state index contributed by atoms with van der Waals surface area (Å²) in [6.07, 6.45) is 1.76. The van der Waals surface area contributed by atoms with Crippen molar-refractivity contribution in [3.63, 3.8) is 0 Å². The summed E-state index contributed by atoms with van der Waals surface area (Å²) in [4.78, 5) is 16.2. The molecule has 0 bridgehead atoms. The molecule has 3 aromatic rings. The molecule has 2 heterocycles. The van der Waals surface area contributed by atoms with Crippen LogP contribution in [0.15, 0.2) is 30.5 Å². The minimum atomic E-state index is -0.775. The first-order valence-electron chi connectivity index (χ1n) is 9.96. The molecule has 160 valence electrons. The van der Waals surface area contributed by atoms with Crippen LogP contribution in [0.5, 0.6) is 0 Å². The van der Waals surface area contributed by atoms with E-state index in [1.807, 2.05) is 50.6 Å². The number of hydrogen-bond acceptors (Lipinski definition) is 6. The maximum absolute atomic E-state index is 14.7. The highest BCUT2D eigenvalue weighted by atomic mass is 19.1. The number of rotatable bonds is 8. The molecular weight excluding hydrogens is 385 g/mol. The largest absolute Gasteiger partial charge is 0.365 e. The highest BCUT2D eigenvalue weighted by molar-refractivity contribution is 5.99. The number of nitrogens with one attached hydrogen (secondary N) is 2. The van der Waals surface area contributed by atoms with Gasteiger partial charge in [0.25, 0.3) is 5.91 Å². The molecule has 9 heteroatoms. The summed E-state index contributed by atoms with van der Waals surface area (Å²) in [6.45, 7) is 8.59. The highest BCUT2D eigenvalue weighted by Gasteiger charge is 2.22. The number of nitrogens with two attached hydrogens (primary N) is 2. The van der Waals surface area contributed by atoms with E-state index in [4.69, 9.17) is 11.5 Å². The number of nitrogens with zero attached hydrogens (tertiary/aromatic N) is 3. The summed E-state index contributed by atoms with van der Waals surface area (Å²) < 4.78 is 16.5. The van der Waals surface area contributed by atoms with Crippen LogP contribution >= 0.6 is 0 Å². The van der Waals surface area contributed by atoms with Crippen molar-refractivity contribution >= 4 is 34.1 Å². The quantitative estimate of drug-likeness (QED) is 0.449. The van der Waals surface area contributed by atoms with Crippen molar-refractivity contribution in [1.29, 1.82) is 0 Å². The van der Waals surface area contributed by atoms with E-state index in [2.05, 4.69) is 20.7 Å². The fraction of sp³-hybridized carbons (Fsp3) is 0.381. The summed E-state index contributed by atoms with van der Waals surface area (Å²) in [7, 11) is 0. The van der Waals surface area contributed by atoms with E-state index in [1.54, 1.807) is 6.20 Å². The van der Waals surface area contributed by atoms with E-state index < -0.39 is 11.7 Å². The van der Waals surface area contributed by atoms with Gasteiger partial charge in [0.1, 0.15) is 5.82 Å². The first-order chi connectivity index (χ1) is 14.2. The number of carbonyl (C=O) groups is 1. The van der Waals surface area contributed by atoms with Crippen LogP contribution < -0.4 is 22.1 Å². The molecule has 30 heavy (non-hydrogen) atoms. The number of fused-ring (bicyclic) bond motifs is 1. The Morgan fingerprint density at radius 2 is 1.97 bits per heavy atom. The summed E-state index contributed by atoms with van der Waals surface area (Å²) in [5.74, 6) is -1.11. The van der Waals surface area contributed by atoms with Gasteiger partial charge >= 0.3 is 0 Å². The molecular formula is C21H28FN7O. The molecule has 1 amide bonds. The van der Waals surface area contributed by atoms with Gasteiger partial charge in [-0.1, -0.05) is 13.8 Å². The Labute approximate surface area is 174 Å². The first-order valence-corrected chi connectivity index (χ1v) is 9.96. The number of primary amides is 1. The lowest BCUT2D eigenvalue weighted by molar-refractivity contribution is 0.100. The van der Waals surface area contributed by atoms with Gasteiger partial charge in [-0.2, -0.15) is 5.10 Å². The standard InChI is InChI=1S/C21H28FN7O/c1-5-29-17-7-6-14(8-13(17)10-25-29)26-20-15(19(24)30)9-16(22)21(28-20)27-18(11(2)3)12(4)23/h6-12,18H,5,23H2,1-4H3,(H2,24,30)(H2,26,27,28)/t12-,18+/m0/s1. The van der Waals surface area contributed by atoms with Crippen molar-refractivity contribution in [2.45, 2.75) is 46.3 Å². The smallest absolute Gasteiger partial charge is 0.252 e. The number of benzene rings is 1. The van der Waals surface area contributed by atoms with Crippen molar-refractivity contribution in [3.8, 4) is 0 Å². The second kappa shape index (κ2) is 8.66. The van der Waals surface area contributed by atoms with Gasteiger partial charge in [0.05, 0.1) is 17.3 Å². The zero-order valence-corrected chi connectivity index (χ0v) is 17.6. The topological polar surface area (TPSA) is 124 Å². The molecule has 6 N–H and O–H groups in total. The van der Waals surface area contributed by atoms with Crippen molar-refractivity contribution in [2.24, 2.45) is 17.4 Å². The normalized spacial score (nSPS) is 13.4. The number of aryl methyl sites for hydroxylation is 1. The number of amides is 1. The lowest BCUT2D eigenvalue weighted by Gasteiger charge is -2.27. The molecule has 2 atom stereocenters. The maximum Gasteiger partial charge on any atom is 0.252 e. The molecule has 0 aliphatic rings. The second-order valence-electron chi connectivity index (χ2n) is 7.71. The zero-order chi connectivity index (χ0) is 22.0. The van der Waals surface area contributed by atoms with E-state index in [0.717, 1.165) is 23.5 Å². The number of pyridine rings is 1. The monoisotopic (exact) mass is 413 g/mol. The molecule has 3 rings (SSSR count). The number of halogens is 1. The highest BCUT2D eigenvalue weighted by Crippen LogP contribution is 2.27. The van der Waals surface area contributed by atoms with Crippen LogP contribution in [0.3, 0.4) is 0 Å². The molecule has 0 radical (unpaired) electrons. The Bertz CT molecular complexity index is 1050. The third-order valence-electron chi connectivity index (χ3n) is 5.03. The van der Waals surface area contributed by atoms with E-state index in [0.29, 0.717) is 5.69 Å². The molecule has 0 saturated heterocycles. The van der Waals surface area contributed by atoms with Crippen molar-refractivity contribution in [1.82, 2.24) is 14.8 Å². The van der Waals surface area contributed by atoms with Gasteiger partial charge in [-0.3, -0.25) is 9.48 Å². The van der Waals surface area contributed by atoms with E-state index in [1.165, 1.54) is 0 Å². The predicted molar refractivity (Wildman–Crippen MR) is 117 cm³/mol. The molecule has 8 nitrogen and oxygen atoms in total. The second-order valence-corrected chi connectivity index (χ2v) is 7.71. The predicted octanol–water partition coefficient (Wildman–Crippen LogP) is 3.22. The Morgan fingerprint density at radius 3 is 2.57 bits per heavy atom. The summed E-state index contributed by atoms with van der Waals surface area (Å²) in [5.41, 5.74) is 13.1. The fourth-order valence-corrected chi connectivity index (χ4v) is 3.49. The lowest BCUT2D eigenvalue weighted by atomic mass is 9.98. The Kier molecular flexibility index (Phi) is 6.21. The molecule has 1 aromatic carbocycles. The van der Waals surface area contributed by atoms with Gasteiger partial charge in [-0.05, 0) is 44.0 Å². The number of anilines is 3. The van der Waals surface area contributed by atoms with E-state index in [-0.39, 0.29) is 35.2 Å². The van der Waals surface area contributed by atoms with Crippen molar-refractivity contribution in [3.05, 3.63) is 41.8 Å². The van der Waals surface area contributed by atoms with Crippen molar-refractivity contribution < 1.29 is 9.18 Å². The van der Waals surface area contributed by atoms with Crippen LogP contribution in [-0.2, 0) is 6.54 Å². The average Bonchev–Trinajstić information content (AvgIpc) is 3.09. The maximum atomic E-state index is 14.7. The number of carbonyl (C=O) groups excluding carboxylic acids is 1. The minimum absolute atomic E-state index is 0.0124. The van der Waals surface area contributed by atoms with Gasteiger partial charge < -0.3 is 22.1 Å². The lowest BCUT2D eigenvalue weighted by Crippen LogP contribution is -2.42. The van der Waals surface area contributed by atoms with Gasteiger partial charge in [0, 0.05) is 29.7 Å². The molecule has 0 aliphatic heterocycles. The van der Waals surface area contributed by atoms with Crippen LogP contribution in [0.25, 0.3) is 10.9 Å². The van der Waals surface area contributed by atoms with Gasteiger partial charge in [-0.15, -0.1) is 0 Å². The summed E-state index contributed by atoms with van der Waals surface area (Å²) in [5, 5.41) is 11.4. The summed E-state index contributed by atoms with van der Waals surface area (Å²) >= 11 is 0. The van der Waals surface area contributed by atoms with E-state index >= 15 is 0 Å². The average molecular weight is 414 g/mol. The third kappa shape index (κ3) is 4.35. The molecule has 2 aromatic heterocycles. The molecule has 0 spiro atoms. The Balaban J connectivity index is 1.99. The molecule has 0 fully saturated rings. The van der Waals surface area contributed by atoms with Gasteiger partial charge in [0.15, 0.2) is 11.6 Å². The van der Waals surface area contributed by atoms with Gasteiger partial charge in [0.2, 0.25) is 0 Å². The van der Waals surface area contributed by atoms with Crippen LogP contribution in [-0.4, -0.2) is 32.8 Å². The fourth-order valence-electron chi connectivity index (χ4n) is 3.49. The van der Waals surface area contributed by atoms with Crippen LogP contribution in [0.1, 0.15) is 38.1 Å². The Morgan fingerprint density at radius 1 is 1.23 bits per heavy atom. The first kappa shape index (κ1) is 21.5. The van der Waals surface area contributed by atoms with Crippen LogP contribution in [0.4, 0.5) is 21.7 Å². The molecule has 0 saturated carbocycles. The third-order valence-corrected chi connectivity index (χ3v) is 5.03. The SMILES string of the molecule is CCn1ncc2cc(Nc3nc(N[C@H](C(C)C)[C@H](C)N)c(F)cc3C(N)=O)ccc21. The molecule has 0 unspecified atom stereocenters. The van der Waals surface area contributed by atoms with Gasteiger partial charge in [-0.25, -0.2) is 9.37 Å². The minimum Gasteiger partial charge on any atom is -0.365 e.